The number of carbonyl (C=O) groups excluding carboxylic acids is 3. The number of halogens is 1. The molecule has 16 rings (SSSR count). The fourth-order valence-electron chi connectivity index (χ4n) is 35.6. The maximum atomic E-state index is 13.0. The minimum Gasteiger partial charge on any atom is -0.464 e. The highest BCUT2D eigenvalue weighted by Gasteiger charge is 2.75. The number of ether oxygens (including phenoxy) is 3. The van der Waals surface area contributed by atoms with Crippen LogP contribution in [0, 0.1) is 170 Å². The minimum atomic E-state index is -0.191. The standard InChI is InChI=1S/C35H58O3.C32H49BrO3.C30H48O2/c1-23(2)24-13-18-35(22-38-29-10-8-9-21-37-29)20-19-33(6)25(30(24)35)11-12-27-32(5)16-15-28(36)31(3,4)26(32)14-17-34(27,33)7;1-20(2)21-10-15-32(19-36-26(35)18-33)17-16-30(6)22(27(21)32)8-9-24-29(5)13-12-25(34)28(3,4)23(29)11-14-31(24,30)7;1-19(2)20-10-15-30(18-31)17-16-28(6)21(25(20)30)8-9-23-27(5)13-12-24(32)26(3,4)22(27)11-14-29(23,28)7/h24-30,36H,1,8-22H2,2-7H3;21-24,27H,1,8-19H2,2-7H3;20-23,25,31H,1,8-18H2,2-7H3/t24-,25+,26-,27+,28-,29?,30+,32-,33+,34+,35+;21-,22+,23-,24+,27+,29-,30+,31+,32+;20-,21+,22-,23+,25+,27-,28+,29+,30+/m000/s1. The molecule has 16 aliphatic rings. The molecular formula is C97H155BrO8. The summed E-state index contributed by atoms with van der Waals surface area (Å²) < 4.78 is 18.6. The first-order valence-electron chi connectivity index (χ1n) is 44.8. The fourth-order valence-corrected chi connectivity index (χ4v) is 35.7. The third-order valence-electron chi connectivity index (χ3n) is 41.8. The molecule has 1 unspecified atom stereocenters. The van der Waals surface area contributed by atoms with Crippen LogP contribution in [-0.4, -0.2) is 71.9 Å². The second-order valence-corrected chi connectivity index (χ2v) is 46.4. The van der Waals surface area contributed by atoms with E-state index in [-0.39, 0.29) is 67.0 Å². The van der Waals surface area contributed by atoms with Crippen molar-refractivity contribution in [3.05, 3.63) is 36.5 Å². The highest BCUT2D eigenvalue weighted by molar-refractivity contribution is 9.09. The van der Waals surface area contributed by atoms with Crippen LogP contribution in [0.25, 0.3) is 0 Å². The highest BCUT2D eigenvalue weighted by atomic mass is 79.9. The summed E-state index contributed by atoms with van der Waals surface area (Å²) in [7, 11) is 0. The number of rotatable bonds is 10. The molecule has 0 bridgehead atoms. The molecule has 1 saturated heterocycles. The van der Waals surface area contributed by atoms with Crippen molar-refractivity contribution in [1.29, 1.82) is 0 Å². The molecule has 0 spiro atoms. The zero-order valence-corrected chi connectivity index (χ0v) is 72.6. The number of esters is 1. The van der Waals surface area contributed by atoms with Crippen LogP contribution >= 0.6 is 15.9 Å². The molecule has 0 aromatic carbocycles. The van der Waals surface area contributed by atoms with Gasteiger partial charge in [-0.2, -0.15) is 0 Å². The minimum absolute atomic E-state index is 0.0180. The van der Waals surface area contributed by atoms with Gasteiger partial charge in [0.2, 0.25) is 0 Å². The van der Waals surface area contributed by atoms with Gasteiger partial charge in [-0.1, -0.05) is 156 Å². The van der Waals surface area contributed by atoms with Crippen molar-refractivity contribution in [2.45, 2.75) is 349 Å². The Labute approximate surface area is 655 Å². The molecule has 16 fully saturated rings. The summed E-state index contributed by atoms with van der Waals surface area (Å²) in [4.78, 5) is 38.1. The van der Waals surface area contributed by atoms with Crippen molar-refractivity contribution in [3.8, 4) is 0 Å². The van der Waals surface area contributed by atoms with Gasteiger partial charge in [0.25, 0.3) is 0 Å². The van der Waals surface area contributed by atoms with Crippen LogP contribution in [0.4, 0.5) is 0 Å². The van der Waals surface area contributed by atoms with Gasteiger partial charge in [-0.3, -0.25) is 14.4 Å². The Hall–Kier alpha value is -1.65. The summed E-state index contributed by atoms with van der Waals surface area (Å²) in [6.45, 7) is 60.5. The van der Waals surface area contributed by atoms with E-state index < -0.39 is 0 Å². The molecule has 106 heavy (non-hydrogen) atoms. The molecule has 15 saturated carbocycles. The van der Waals surface area contributed by atoms with Crippen LogP contribution in [0.15, 0.2) is 36.5 Å². The lowest BCUT2D eigenvalue weighted by atomic mass is 9.32. The summed E-state index contributed by atoms with van der Waals surface area (Å²) >= 11 is 3.29. The lowest BCUT2D eigenvalue weighted by Crippen LogP contribution is -2.66. The second kappa shape index (κ2) is 27.5. The monoisotopic (exact) mass is 1530 g/mol. The molecule has 0 aromatic rings. The third-order valence-corrected chi connectivity index (χ3v) is 42.3. The van der Waals surface area contributed by atoms with E-state index in [2.05, 4.69) is 160 Å². The molecule has 598 valence electrons. The van der Waals surface area contributed by atoms with Crippen LogP contribution < -0.4 is 0 Å². The third kappa shape index (κ3) is 11.5. The van der Waals surface area contributed by atoms with Gasteiger partial charge in [0.05, 0.1) is 19.3 Å². The van der Waals surface area contributed by atoms with Crippen molar-refractivity contribution in [2.24, 2.45) is 170 Å². The molecule has 15 aliphatic carbocycles. The van der Waals surface area contributed by atoms with Crippen LogP contribution in [-0.2, 0) is 28.6 Å². The SMILES string of the molecule is C=C(C)[C@@H]1CC[C@]2(CO)CC[C@]3(C)[C@H](CC[C@@H]4[C@@]5(C)CCC(=O)C(C)(C)[C@@H]5CC[C@]43C)[C@@H]12.C=C(C)[C@@H]1CC[C@]2(COC(=O)CBr)CC[C@]3(C)[C@H](CC[C@@H]4[C@@]5(C)CCC(=O)C(C)(C)[C@@H]5CC[C@]43C)[C@@H]12.C=C(C)[C@@H]1CC[C@]2(COC3CCCCO3)CC[C@]3(C)[C@H](CC[C@@H]4[C@@]5(C)CC[C@H](O)C(C)(C)[C@@H]5CC[C@]43C)[C@@H]12. The van der Waals surface area contributed by atoms with E-state index >= 15 is 0 Å². The first kappa shape index (κ1) is 80.9. The van der Waals surface area contributed by atoms with Crippen LogP contribution in [0.1, 0.15) is 337 Å². The van der Waals surface area contributed by atoms with Crippen molar-refractivity contribution in [3.63, 3.8) is 0 Å². The van der Waals surface area contributed by atoms with Gasteiger partial charge >= 0.3 is 5.97 Å². The number of ketones is 2. The smallest absolute Gasteiger partial charge is 0.316 e. The Morgan fingerprint density at radius 2 is 0.821 bits per heavy atom. The summed E-state index contributed by atoms with van der Waals surface area (Å²) in [5.41, 5.74) is 7.19. The predicted molar refractivity (Wildman–Crippen MR) is 434 cm³/mol. The number of allylic oxidation sites excluding steroid dienone is 3. The second-order valence-electron chi connectivity index (χ2n) is 45.9. The van der Waals surface area contributed by atoms with E-state index in [1.54, 1.807) is 0 Å². The Bertz CT molecular complexity index is 3390. The van der Waals surface area contributed by atoms with Gasteiger partial charge in [-0.15, -0.1) is 0 Å². The van der Waals surface area contributed by atoms with Crippen LogP contribution in [0.3, 0.4) is 0 Å². The molecule has 2 N–H and O–H groups in total. The fraction of sp³-hybridized carbons (Fsp3) is 0.907. The van der Waals surface area contributed by atoms with Crippen molar-refractivity contribution in [1.82, 2.24) is 0 Å². The molecule has 1 aliphatic heterocycles. The number of hydrogen-bond donors (Lipinski definition) is 2. The van der Waals surface area contributed by atoms with E-state index in [4.69, 9.17) is 14.2 Å². The van der Waals surface area contributed by atoms with Crippen LogP contribution in [0.5, 0.6) is 0 Å². The number of fused-ring (bicyclic) bond motifs is 21. The molecule has 0 aromatic heterocycles. The number of aliphatic hydroxyl groups is 2. The molecule has 0 radical (unpaired) electrons. The lowest BCUT2D eigenvalue weighted by Gasteiger charge is -2.73. The maximum Gasteiger partial charge on any atom is 0.316 e. The van der Waals surface area contributed by atoms with E-state index in [9.17, 15) is 24.6 Å². The summed E-state index contributed by atoms with van der Waals surface area (Å²) in [5.74, 6) is 10.5. The topological polar surface area (TPSA) is 119 Å². The van der Waals surface area contributed by atoms with Gasteiger partial charge in [0.15, 0.2) is 6.29 Å². The zero-order chi connectivity index (χ0) is 76.8. The normalized spacial score (nSPS) is 52.4. The van der Waals surface area contributed by atoms with Gasteiger partial charge in [0.1, 0.15) is 16.9 Å². The molecule has 9 heteroatoms. The summed E-state index contributed by atoms with van der Waals surface area (Å²) in [6.07, 6.45) is 39.6. The Balaban J connectivity index is 0.000000134. The van der Waals surface area contributed by atoms with Crippen molar-refractivity contribution < 1.29 is 38.8 Å². The van der Waals surface area contributed by atoms with Crippen molar-refractivity contribution in [2.75, 3.05) is 31.8 Å². The van der Waals surface area contributed by atoms with Gasteiger partial charge < -0.3 is 24.4 Å². The number of alkyl halides is 1. The largest absolute Gasteiger partial charge is 0.464 e. The van der Waals surface area contributed by atoms with E-state index in [1.807, 2.05) is 0 Å². The van der Waals surface area contributed by atoms with Crippen LogP contribution in [0.2, 0.25) is 0 Å². The average molecular weight is 1530 g/mol. The van der Waals surface area contributed by atoms with Gasteiger partial charge in [-0.05, 0) is 374 Å². The number of hydrogen-bond acceptors (Lipinski definition) is 8. The zero-order valence-electron chi connectivity index (χ0n) is 71.0. The Morgan fingerprint density at radius 1 is 0.434 bits per heavy atom. The molecule has 29 atom stereocenters. The molecule has 8 nitrogen and oxygen atoms in total. The maximum absolute atomic E-state index is 13.0. The van der Waals surface area contributed by atoms with Gasteiger partial charge in [-0.25, -0.2) is 0 Å². The average Bonchev–Trinajstić information content (AvgIpc) is 0.960. The first-order chi connectivity index (χ1) is 49.5. The predicted octanol–water partition coefficient (Wildman–Crippen LogP) is 23.9. The van der Waals surface area contributed by atoms with E-state index in [0.29, 0.717) is 140 Å². The highest BCUT2D eigenvalue weighted by Crippen LogP contribution is 2.82. The Kier molecular flexibility index (Phi) is 21.0. The van der Waals surface area contributed by atoms with E-state index in [1.165, 1.54) is 177 Å². The number of aliphatic hydroxyl groups excluding tert-OH is 2. The molecular weight excluding hydrogens is 1370 g/mol. The number of carbonyl (C=O) groups is 3. The van der Waals surface area contributed by atoms with Crippen molar-refractivity contribution >= 4 is 33.5 Å². The lowest BCUT2D eigenvalue weighted by molar-refractivity contribution is -0.256. The summed E-state index contributed by atoms with van der Waals surface area (Å²) in [5, 5.41) is 21.9. The summed E-state index contributed by atoms with van der Waals surface area (Å²) in [6, 6.07) is 0. The Morgan fingerprint density at radius 3 is 1.22 bits per heavy atom. The molecule has 0 amide bonds. The quantitative estimate of drug-likeness (QED) is 0.126. The van der Waals surface area contributed by atoms with E-state index in [0.717, 1.165) is 76.4 Å². The van der Waals surface area contributed by atoms with Gasteiger partial charge in [0, 0.05) is 42.3 Å². The first-order valence-corrected chi connectivity index (χ1v) is 45.9. The molecule has 1 heterocycles. The number of Topliss-reactive ketones (excluding diaryl/α,β-unsaturated/α-hetero) is 2.